The van der Waals surface area contributed by atoms with Gasteiger partial charge in [-0.1, -0.05) is 6.92 Å². The minimum absolute atomic E-state index is 0.458. The van der Waals surface area contributed by atoms with Crippen LogP contribution in [-0.4, -0.2) is 17.0 Å². The molecular formula is C10H15N3S. The first-order chi connectivity index (χ1) is 6.76. The fourth-order valence-corrected chi connectivity index (χ4v) is 2.41. The SMILES string of the molecule is CCc1nc(=S)[nH]c2c1C(NC)CC2. The normalized spacial score (nSPS) is 19.7. The van der Waals surface area contributed by atoms with Crippen molar-refractivity contribution in [2.24, 2.45) is 0 Å². The van der Waals surface area contributed by atoms with Gasteiger partial charge in [0.2, 0.25) is 0 Å². The number of rotatable bonds is 2. The third-order valence-corrected chi connectivity index (χ3v) is 3.04. The van der Waals surface area contributed by atoms with Crippen LogP contribution in [0, 0.1) is 4.77 Å². The van der Waals surface area contributed by atoms with E-state index in [4.69, 9.17) is 12.2 Å². The van der Waals surface area contributed by atoms with Crippen LogP contribution in [0.3, 0.4) is 0 Å². The van der Waals surface area contributed by atoms with Crippen LogP contribution < -0.4 is 5.32 Å². The topological polar surface area (TPSA) is 40.7 Å². The number of fused-ring (bicyclic) bond motifs is 1. The van der Waals surface area contributed by atoms with Gasteiger partial charge in [-0.3, -0.25) is 0 Å². The summed E-state index contributed by atoms with van der Waals surface area (Å²) in [7, 11) is 2.00. The second-order valence-electron chi connectivity index (χ2n) is 3.61. The van der Waals surface area contributed by atoms with E-state index in [2.05, 4.69) is 22.2 Å². The molecule has 0 aromatic carbocycles. The molecule has 0 aliphatic heterocycles. The maximum absolute atomic E-state index is 5.09. The number of hydrogen-bond donors (Lipinski definition) is 2. The van der Waals surface area contributed by atoms with E-state index in [1.165, 1.54) is 11.3 Å². The van der Waals surface area contributed by atoms with E-state index in [1.54, 1.807) is 0 Å². The van der Waals surface area contributed by atoms with Gasteiger partial charge < -0.3 is 10.3 Å². The molecule has 1 aromatic rings. The van der Waals surface area contributed by atoms with E-state index >= 15 is 0 Å². The Labute approximate surface area is 89.0 Å². The Morgan fingerprint density at radius 1 is 1.64 bits per heavy atom. The number of nitrogens with zero attached hydrogens (tertiary/aromatic N) is 1. The van der Waals surface area contributed by atoms with Gasteiger partial charge in [0.25, 0.3) is 0 Å². The Balaban J connectivity index is 2.57. The fourth-order valence-electron chi connectivity index (χ4n) is 2.18. The van der Waals surface area contributed by atoms with Gasteiger partial charge in [0.1, 0.15) is 0 Å². The first kappa shape index (κ1) is 9.80. The van der Waals surface area contributed by atoms with Crippen molar-refractivity contribution in [3.63, 3.8) is 0 Å². The first-order valence-corrected chi connectivity index (χ1v) is 5.46. The molecule has 0 saturated heterocycles. The van der Waals surface area contributed by atoms with Gasteiger partial charge in [-0.15, -0.1) is 0 Å². The molecule has 1 aliphatic carbocycles. The summed E-state index contributed by atoms with van der Waals surface area (Å²) >= 11 is 5.09. The third kappa shape index (κ3) is 1.48. The fraction of sp³-hybridized carbons (Fsp3) is 0.600. The summed E-state index contributed by atoms with van der Waals surface area (Å²) in [6, 6.07) is 0.458. The smallest absolute Gasteiger partial charge is 0.197 e. The lowest BCUT2D eigenvalue weighted by Crippen LogP contribution is -2.15. The summed E-state index contributed by atoms with van der Waals surface area (Å²) in [5.74, 6) is 0. The van der Waals surface area contributed by atoms with Gasteiger partial charge in [0.05, 0.1) is 0 Å². The van der Waals surface area contributed by atoms with Crippen LogP contribution >= 0.6 is 12.2 Å². The van der Waals surface area contributed by atoms with E-state index in [9.17, 15) is 0 Å². The minimum atomic E-state index is 0.458. The zero-order valence-electron chi connectivity index (χ0n) is 8.55. The second-order valence-corrected chi connectivity index (χ2v) is 4.00. The zero-order chi connectivity index (χ0) is 10.1. The number of aryl methyl sites for hydroxylation is 2. The van der Waals surface area contributed by atoms with Gasteiger partial charge in [-0.25, -0.2) is 4.98 Å². The molecule has 0 saturated carbocycles. The number of hydrogen-bond acceptors (Lipinski definition) is 3. The summed E-state index contributed by atoms with van der Waals surface area (Å²) in [5, 5.41) is 3.32. The van der Waals surface area contributed by atoms with Crippen molar-refractivity contribution in [1.82, 2.24) is 15.3 Å². The maximum Gasteiger partial charge on any atom is 0.197 e. The Bertz CT molecular complexity index is 397. The molecule has 0 bridgehead atoms. The summed E-state index contributed by atoms with van der Waals surface area (Å²) in [6.07, 6.45) is 3.19. The van der Waals surface area contributed by atoms with Crippen LogP contribution in [0.2, 0.25) is 0 Å². The summed E-state index contributed by atoms with van der Waals surface area (Å²) in [6.45, 7) is 2.13. The predicted molar refractivity (Wildman–Crippen MR) is 58.9 cm³/mol. The van der Waals surface area contributed by atoms with Gasteiger partial charge >= 0.3 is 0 Å². The maximum atomic E-state index is 5.09. The number of aromatic amines is 1. The van der Waals surface area contributed by atoms with Gasteiger partial charge in [-0.2, -0.15) is 0 Å². The van der Waals surface area contributed by atoms with Crippen LogP contribution in [0.4, 0.5) is 0 Å². The molecule has 76 valence electrons. The van der Waals surface area contributed by atoms with Crippen molar-refractivity contribution in [3.8, 4) is 0 Å². The van der Waals surface area contributed by atoms with Crippen LogP contribution in [-0.2, 0) is 12.8 Å². The van der Waals surface area contributed by atoms with Crippen LogP contribution in [0.1, 0.15) is 36.3 Å². The molecule has 0 radical (unpaired) electrons. The molecule has 0 spiro atoms. The molecule has 1 aliphatic rings. The molecule has 14 heavy (non-hydrogen) atoms. The number of H-pyrrole nitrogens is 1. The minimum Gasteiger partial charge on any atom is -0.334 e. The summed E-state index contributed by atoms with van der Waals surface area (Å²) in [5.41, 5.74) is 3.78. The molecule has 4 heteroatoms. The van der Waals surface area contributed by atoms with E-state index in [0.29, 0.717) is 10.8 Å². The van der Waals surface area contributed by atoms with E-state index in [0.717, 1.165) is 25.0 Å². The first-order valence-electron chi connectivity index (χ1n) is 5.05. The highest BCUT2D eigenvalue weighted by Crippen LogP contribution is 2.31. The Hall–Kier alpha value is -0.740. The molecule has 3 nitrogen and oxygen atoms in total. The molecular weight excluding hydrogens is 194 g/mol. The summed E-state index contributed by atoms with van der Waals surface area (Å²) < 4.78 is 0.623. The van der Waals surface area contributed by atoms with Crippen LogP contribution in [0.15, 0.2) is 0 Å². The second kappa shape index (κ2) is 3.79. The number of aromatic nitrogens is 2. The lowest BCUT2D eigenvalue weighted by atomic mass is 10.1. The highest BCUT2D eigenvalue weighted by Gasteiger charge is 2.24. The standard InChI is InChI=1S/C10H15N3S/c1-3-6-9-7(11-2)4-5-8(9)13-10(14)12-6/h7,11H,3-5H2,1-2H3,(H,12,13,14). The van der Waals surface area contributed by atoms with Gasteiger partial charge in [0, 0.05) is 23.0 Å². The Kier molecular flexibility index (Phi) is 2.65. The lowest BCUT2D eigenvalue weighted by Gasteiger charge is -2.12. The van der Waals surface area contributed by atoms with E-state index in [1.807, 2.05) is 7.05 Å². The monoisotopic (exact) mass is 209 g/mol. The van der Waals surface area contributed by atoms with Crippen molar-refractivity contribution >= 4 is 12.2 Å². The van der Waals surface area contributed by atoms with Crippen molar-refractivity contribution in [3.05, 3.63) is 21.7 Å². The van der Waals surface area contributed by atoms with Crippen LogP contribution in [0.5, 0.6) is 0 Å². The van der Waals surface area contributed by atoms with Gasteiger partial charge in [0.15, 0.2) is 4.77 Å². The van der Waals surface area contributed by atoms with E-state index in [-0.39, 0.29) is 0 Å². The highest BCUT2D eigenvalue weighted by atomic mass is 32.1. The average Bonchev–Trinajstić information content (AvgIpc) is 2.59. The zero-order valence-corrected chi connectivity index (χ0v) is 9.37. The molecule has 2 rings (SSSR count). The van der Waals surface area contributed by atoms with Crippen molar-refractivity contribution < 1.29 is 0 Å². The molecule has 1 atom stereocenters. The lowest BCUT2D eigenvalue weighted by molar-refractivity contribution is 0.584. The predicted octanol–water partition coefficient (Wildman–Crippen LogP) is 1.91. The quantitative estimate of drug-likeness (QED) is 0.731. The Morgan fingerprint density at radius 2 is 2.43 bits per heavy atom. The van der Waals surface area contributed by atoms with Crippen molar-refractivity contribution in [1.29, 1.82) is 0 Å². The Morgan fingerprint density at radius 3 is 3.07 bits per heavy atom. The van der Waals surface area contributed by atoms with E-state index < -0.39 is 0 Å². The van der Waals surface area contributed by atoms with Crippen LogP contribution in [0.25, 0.3) is 0 Å². The molecule has 0 amide bonds. The summed E-state index contributed by atoms with van der Waals surface area (Å²) in [4.78, 5) is 7.57. The van der Waals surface area contributed by atoms with Crippen molar-refractivity contribution in [2.45, 2.75) is 32.2 Å². The average molecular weight is 209 g/mol. The van der Waals surface area contributed by atoms with Gasteiger partial charge in [-0.05, 0) is 38.5 Å². The largest absolute Gasteiger partial charge is 0.334 e. The van der Waals surface area contributed by atoms with Crippen molar-refractivity contribution in [2.75, 3.05) is 7.05 Å². The molecule has 1 heterocycles. The molecule has 0 fully saturated rings. The molecule has 2 N–H and O–H groups in total. The highest BCUT2D eigenvalue weighted by molar-refractivity contribution is 7.71. The molecule has 1 unspecified atom stereocenters. The molecule has 1 aromatic heterocycles. The third-order valence-electron chi connectivity index (χ3n) is 2.85. The number of nitrogens with one attached hydrogen (secondary N) is 2.